The van der Waals surface area contributed by atoms with Gasteiger partial charge in [-0.1, -0.05) is 24.8 Å². The topological polar surface area (TPSA) is 393 Å². The van der Waals surface area contributed by atoms with Gasteiger partial charge in [-0.2, -0.15) is 0 Å². The average Bonchev–Trinajstić information content (AvgIpc) is 2.81. The average molecular weight is 1310 g/mol. The largest absolute Gasteiger partial charge is 0.465 e. The number of hydrogen-bond acceptors (Lipinski definition) is 26. The summed E-state index contributed by atoms with van der Waals surface area (Å²) in [5.74, 6) is -0.733. The number of nitrogens with two attached hydrogens (primary N) is 6. The molecular formula is C65H141N15O11. The van der Waals surface area contributed by atoms with Gasteiger partial charge in [-0.3, -0.25) is 4.79 Å². The second-order valence-corrected chi connectivity index (χ2v) is 21.9. The lowest BCUT2D eigenvalue weighted by molar-refractivity contribution is -0.156. The van der Waals surface area contributed by atoms with E-state index in [0.717, 1.165) is 241 Å². The minimum absolute atomic E-state index is 0.100. The van der Waals surface area contributed by atoms with Gasteiger partial charge in [-0.05, 0) is 234 Å². The second-order valence-electron chi connectivity index (χ2n) is 21.9. The van der Waals surface area contributed by atoms with E-state index in [1.807, 2.05) is 0 Å². The standard InChI is InChI=1S/C41H94N12O5.C17H26O5.C6H17N3.CH4O/c42-13-1-17-46-21-5-25-50-29-9-33-55-36-41(37-56-34-10-30-51-26-6-22-47-18-2-14-43,38-57-35-11-31-52-27-7-23-48-19-3-15-44)39-58-40(54)12-32-53-28-8-24-49-20-4-16-45;1-5-9-19-12-17(13-20-10-6-2,14-21-11-7-3)15-22-16(18)8-4;7-3-1-5-9-6-2-4-8;1-2/h46-53H,1-39,42-45H2;5-8H,1-4,9-15H2;9H,1-8H2;2H,1H3. The third-order valence-electron chi connectivity index (χ3n) is 13.0. The lowest BCUT2D eigenvalue weighted by Crippen LogP contribution is -2.43. The highest BCUT2D eigenvalue weighted by Crippen LogP contribution is 2.23. The van der Waals surface area contributed by atoms with Gasteiger partial charge >= 0.3 is 11.9 Å². The first-order valence-corrected chi connectivity index (χ1v) is 33.9. The molecule has 0 aliphatic carbocycles. The molecule has 0 aliphatic rings. The minimum Gasteiger partial charge on any atom is -0.465 e. The van der Waals surface area contributed by atoms with Crippen LogP contribution in [0.1, 0.15) is 89.9 Å². The SMILES string of the molecule is C=CCOCC(COCC=C)(COCC=C)COC(=O)C=C.CO.NCCCNCCCN.NCCCNCCCNCCCOCC(COCCCNCCCNCCCN)(COCCCNCCCNCCCN)COC(=O)CCNCCCNCCCN. The summed E-state index contributed by atoms with van der Waals surface area (Å²) in [5.41, 5.74) is 31.6. The van der Waals surface area contributed by atoms with E-state index in [4.69, 9.17) is 77.4 Å². The molecule has 0 heterocycles. The van der Waals surface area contributed by atoms with Crippen LogP contribution in [0.5, 0.6) is 0 Å². The van der Waals surface area contributed by atoms with Crippen LogP contribution in [0.15, 0.2) is 50.6 Å². The second kappa shape index (κ2) is 83.1. The van der Waals surface area contributed by atoms with Crippen molar-refractivity contribution in [2.75, 3.05) is 257 Å². The number of nitrogens with one attached hydrogen (secondary N) is 9. The predicted octanol–water partition coefficient (Wildman–Crippen LogP) is -0.00950. The van der Waals surface area contributed by atoms with Crippen molar-refractivity contribution in [3.05, 3.63) is 50.6 Å². The summed E-state index contributed by atoms with van der Waals surface area (Å²) >= 11 is 0. The first-order valence-electron chi connectivity index (χ1n) is 33.9. The van der Waals surface area contributed by atoms with E-state index in [2.05, 4.69) is 74.2 Å². The summed E-state index contributed by atoms with van der Waals surface area (Å²) in [6.45, 7) is 40.6. The number of carbonyl (C=O) groups is 2. The number of rotatable bonds is 72. The molecule has 0 amide bonds. The van der Waals surface area contributed by atoms with E-state index < -0.39 is 16.8 Å². The zero-order chi connectivity index (χ0) is 67.8. The maximum Gasteiger partial charge on any atom is 0.330 e. The van der Waals surface area contributed by atoms with Crippen LogP contribution in [-0.4, -0.2) is 274 Å². The Bertz CT molecular complexity index is 1380. The number of esters is 2. The molecule has 26 heteroatoms. The number of ether oxygens (including phenoxy) is 8. The molecule has 0 aromatic heterocycles. The maximum absolute atomic E-state index is 13.0. The summed E-state index contributed by atoms with van der Waals surface area (Å²) in [6, 6.07) is 0. The third kappa shape index (κ3) is 75.9. The lowest BCUT2D eigenvalue weighted by Gasteiger charge is -2.33. The van der Waals surface area contributed by atoms with E-state index in [9.17, 15) is 9.59 Å². The number of aliphatic hydroxyl groups is 1. The Morgan fingerprint density at radius 3 is 0.813 bits per heavy atom. The van der Waals surface area contributed by atoms with Gasteiger partial charge in [-0.25, -0.2) is 4.79 Å². The minimum atomic E-state index is -0.619. The fourth-order valence-electron chi connectivity index (χ4n) is 7.96. The Hall–Kier alpha value is -2.98. The van der Waals surface area contributed by atoms with Crippen molar-refractivity contribution in [3.8, 4) is 0 Å². The zero-order valence-electron chi connectivity index (χ0n) is 57.4. The molecule has 0 saturated heterocycles. The first-order chi connectivity index (χ1) is 44.7. The van der Waals surface area contributed by atoms with Gasteiger partial charge in [0.05, 0.1) is 76.7 Å². The highest BCUT2D eigenvalue weighted by atomic mass is 16.6. The van der Waals surface area contributed by atoms with E-state index in [1.54, 1.807) is 18.2 Å². The predicted molar refractivity (Wildman–Crippen MR) is 375 cm³/mol. The maximum atomic E-state index is 13.0. The molecule has 0 spiro atoms. The monoisotopic (exact) mass is 1310 g/mol. The molecule has 0 radical (unpaired) electrons. The summed E-state index contributed by atoms with van der Waals surface area (Å²) < 4.78 is 46.6. The normalized spacial score (nSPS) is 11.2. The molecule has 0 fully saturated rings. The van der Waals surface area contributed by atoms with Crippen molar-refractivity contribution < 1.29 is 52.6 Å². The van der Waals surface area contributed by atoms with E-state index in [0.29, 0.717) is 98.8 Å². The summed E-state index contributed by atoms with van der Waals surface area (Å²) in [6.07, 6.45) is 19.3. The molecule has 0 aliphatic heterocycles. The van der Waals surface area contributed by atoms with Crippen LogP contribution in [0.2, 0.25) is 0 Å². The summed E-state index contributed by atoms with van der Waals surface area (Å²) in [7, 11) is 1.00. The molecule has 0 saturated carbocycles. The van der Waals surface area contributed by atoms with Crippen LogP contribution in [0.4, 0.5) is 0 Å². The molecule has 91 heavy (non-hydrogen) atoms. The highest BCUT2D eigenvalue weighted by Gasteiger charge is 2.35. The van der Waals surface area contributed by atoms with Gasteiger partial charge in [0.1, 0.15) is 13.2 Å². The Morgan fingerprint density at radius 1 is 0.330 bits per heavy atom. The van der Waals surface area contributed by atoms with E-state index >= 15 is 0 Å². The van der Waals surface area contributed by atoms with Crippen LogP contribution >= 0.6 is 0 Å². The summed E-state index contributed by atoms with van der Waals surface area (Å²) in [4.78, 5) is 24.3. The number of hydrogen-bond donors (Lipinski definition) is 16. The number of aliphatic hydroxyl groups excluding tert-OH is 1. The van der Waals surface area contributed by atoms with Crippen LogP contribution in [0, 0.1) is 10.8 Å². The quantitative estimate of drug-likeness (QED) is 0.0165. The van der Waals surface area contributed by atoms with Crippen molar-refractivity contribution in [1.29, 1.82) is 0 Å². The van der Waals surface area contributed by atoms with Gasteiger partial charge in [-0.15, -0.1) is 19.7 Å². The smallest absolute Gasteiger partial charge is 0.330 e. The molecule has 26 nitrogen and oxygen atoms in total. The molecule has 22 N–H and O–H groups in total. The fourth-order valence-corrected chi connectivity index (χ4v) is 7.96. The first kappa shape index (κ1) is 94.4. The molecule has 0 aromatic rings. The van der Waals surface area contributed by atoms with Gasteiger partial charge in [0.25, 0.3) is 0 Å². The molecule has 0 rings (SSSR count). The Morgan fingerprint density at radius 2 is 0.560 bits per heavy atom. The van der Waals surface area contributed by atoms with Gasteiger partial charge in [0.15, 0.2) is 0 Å². The van der Waals surface area contributed by atoms with Crippen molar-refractivity contribution >= 4 is 11.9 Å². The number of carbonyl (C=O) groups excluding carboxylic acids is 2. The van der Waals surface area contributed by atoms with Crippen molar-refractivity contribution in [3.63, 3.8) is 0 Å². The van der Waals surface area contributed by atoms with Crippen LogP contribution in [-0.2, 0) is 47.5 Å². The van der Waals surface area contributed by atoms with Crippen LogP contribution in [0.3, 0.4) is 0 Å². The van der Waals surface area contributed by atoms with Crippen molar-refractivity contribution in [1.82, 2.24) is 47.9 Å². The van der Waals surface area contributed by atoms with Crippen molar-refractivity contribution in [2.24, 2.45) is 45.2 Å². The fraction of sp³-hybridized carbons (Fsp3) is 0.846. The Labute approximate surface area is 552 Å². The molecular weight excluding hydrogens is 1170 g/mol. The van der Waals surface area contributed by atoms with Crippen LogP contribution < -0.4 is 82.3 Å². The Kier molecular flexibility index (Phi) is 86.2. The van der Waals surface area contributed by atoms with Crippen LogP contribution in [0.25, 0.3) is 0 Å². The lowest BCUT2D eigenvalue weighted by atomic mass is 9.92. The highest BCUT2D eigenvalue weighted by molar-refractivity contribution is 5.81. The van der Waals surface area contributed by atoms with Crippen molar-refractivity contribution in [2.45, 2.75) is 89.9 Å². The zero-order valence-corrected chi connectivity index (χ0v) is 57.4. The van der Waals surface area contributed by atoms with Gasteiger partial charge < -0.3 is 125 Å². The van der Waals surface area contributed by atoms with Gasteiger partial charge in [0.2, 0.25) is 0 Å². The molecule has 0 aromatic carbocycles. The molecule has 0 atom stereocenters. The molecule has 0 bridgehead atoms. The summed E-state index contributed by atoms with van der Waals surface area (Å²) in [5, 5.41) is 37.7. The molecule has 542 valence electrons. The third-order valence-corrected chi connectivity index (χ3v) is 13.0. The van der Waals surface area contributed by atoms with E-state index in [-0.39, 0.29) is 19.2 Å². The van der Waals surface area contributed by atoms with Gasteiger partial charge in [0, 0.05) is 39.6 Å². The molecule has 0 unspecified atom stereocenters. The Balaban J connectivity index is -0.000000931. The van der Waals surface area contributed by atoms with E-state index in [1.165, 1.54) is 0 Å².